The maximum Gasteiger partial charge on any atom is 0.229 e. The van der Waals surface area contributed by atoms with Gasteiger partial charge >= 0.3 is 0 Å². The molecule has 1 aromatic carbocycles. The van der Waals surface area contributed by atoms with Crippen LogP contribution in [0.5, 0.6) is 5.75 Å². The molecule has 1 aromatic rings. The zero-order chi connectivity index (χ0) is 12.2. The largest absolute Gasteiger partial charge is 0.476 e. The van der Waals surface area contributed by atoms with Crippen molar-refractivity contribution in [3.63, 3.8) is 0 Å². The predicted molar refractivity (Wildman–Crippen MR) is 64.5 cm³/mol. The quantitative estimate of drug-likeness (QED) is 0.786. The van der Waals surface area contributed by atoms with E-state index in [1.165, 1.54) is 0 Å². The molecule has 0 saturated heterocycles. The van der Waals surface area contributed by atoms with Gasteiger partial charge in [-0.15, -0.1) is 0 Å². The fraction of sp³-hybridized carbons (Fsp3) is 0.333. The van der Waals surface area contributed by atoms with Gasteiger partial charge in [0.05, 0.1) is 11.9 Å². The molecule has 7 heteroatoms. The van der Waals surface area contributed by atoms with Crippen LogP contribution < -0.4 is 14.8 Å². The van der Waals surface area contributed by atoms with Crippen LogP contribution in [0.15, 0.2) is 18.2 Å². The standard InChI is InChI=1S/C9H13ClN2O3S/c1-11-6-15-9-5-7(10)3-4-8(9)12-16(2,13)14/h3-5,11-12H,6H2,1-2H3. The maximum atomic E-state index is 11.1. The molecule has 0 aliphatic rings. The summed E-state index contributed by atoms with van der Waals surface area (Å²) in [6.45, 7) is 0.263. The van der Waals surface area contributed by atoms with E-state index in [-0.39, 0.29) is 6.73 Å². The van der Waals surface area contributed by atoms with Crippen molar-refractivity contribution in [2.75, 3.05) is 24.8 Å². The third kappa shape index (κ3) is 4.26. The molecule has 0 atom stereocenters. The Labute approximate surface area is 99.8 Å². The highest BCUT2D eigenvalue weighted by atomic mass is 35.5. The molecule has 0 aliphatic carbocycles. The number of hydrogen-bond acceptors (Lipinski definition) is 4. The van der Waals surface area contributed by atoms with E-state index in [9.17, 15) is 8.42 Å². The van der Waals surface area contributed by atoms with Gasteiger partial charge in [-0.25, -0.2) is 8.42 Å². The molecular formula is C9H13ClN2O3S. The molecule has 0 unspecified atom stereocenters. The maximum absolute atomic E-state index is 11.1. The molecule has 0 amide bonds. The van der Waals surface area contributed by atoms with Crippen LogP contribution >= 0.6 is 11.6 Å². The average molecular weight is 265 g/mol. The summed E-state index contributed by atoms with van der Waals surface area (Å²) in [4.78, 5) is 0. The first-order valence-corrected chi connectivity index (χ1v) is 6.74. The van der Waals surface area contributed by atoms with Gasteiger partial charge < -0.3 is 4.74 Å². The Bertz CT molecular complexity index is 462. The number of hydrogen-bond donors (Lipinski definition) is 2. The van der Waals surface area contributed by atoms with Crippen LogP contribution in [0.2, 0.25) is 5.02 Å². The second kappa shape index (κ2) is 5.38. The molecular weight excluding hydrogens is 252 g/mol. The number of benzene rings is 1. The summed E-state index contributed by atoms with van der Waals surface area (Å²) in [5.74, 6) is 0.382. The minimum Gasteiger partial charge on any atom is -0.476 e. The zero-order valence-corrected chi connectivity index (χ0v) is 10.5. The summed E-state index contributed by atoms with van der Waals surface area (Å²) in [5, 5.41) is 3.26. The smallest absolute Gasteiger partial charge is 0.229 e. The third-order valence-corrected chi connectivity index (χ3v) is 2.44. The van der Waals surface area contributed by atoms with Gasteiger partial charge in [-0.2, -0.15) is 0 Å². The number of anilines is 1. The highest BCUT2D eigenvalue weighted by molar-refractivity contribution is 7.92. The van der Waals surface area contributed by atoms with E-state index in [1.54, 1.807) is 25.2 Å². The molecule has 0 fully saturated rings. The topological polar surface area (TPSA) is 67.4 Å². The van der Waals surface area contributed by atoms with Crippen molar-refractivity contribution in [2.24, 2.45) is 0 Å². The monoisotopic (exact) mass is 264 g/mol. The molecule has 16 heavy (non-hydrogen) atoms. The third-order valence-electron chi connectivity index (χ3n) is 1.61. The van der Waals surface area contributed by atoms with Crippen LogP contribution in [0.3, 0.4) is 0 Å². The first-order chi connectivity index (χ1) is 7.42. The van der Waals surface area contributed by atoms with Gasteiger partial charge in [-0.3, -0.25) is 10.0 Å². The van der Waals surface area contributed by atoms with Gasteiger partial charge in [0.15, 0.2) is 0 Å². The number of sulfonamides is 1. The summed E-state index contributed by atoms with van der Waals surface area (Å²) in [6, 6.07) is 4.68. The Balaban J connectivity index is 2.98. The van der Waals surface area contributed by atoms with Crippen LogP contribution in [0.4, 0.5) is 5.69 Å². The Hall–Kier alpha value is -0.980. The normalized spacial score (nSPS) is 11.2. The van der Waals surface area contributed by atoms with E-state index in [1.807, 2.05) is 0 Å². The lowest BCUT2D eigenvalue weighted by Crippen LogP contribution is -2.16. The van der Waals surface area contributed by atoms with E-state index in [4.69, 9.17) is 16.3 Å². The van der Waals surface area contributed by atoms with E-state index < -0.39 is 10.0 Å². The highest BCUT2D eigenvalue weighted by Gasteiger charge is 2.09. The second-order valence-electron chi connectivity index (χ2n) is 3.16. The van der Waals surface area contributed by atoms with Crippen molar-refractivity contribution in [2.45, 2.75) is 0 Å². The Kier molecular flexibility index (Phi) is 4.40. The van der Waals surface area contributed by atoms with Crippen molar-refractivity contribution in [3.05, 3.63) is 23.2 Å². The van der Waals surface area contributed by atoms with Gasteiger partial charge in [0.25, 0.3) is 0 Å². The number of halogens is 1. The summed E-state index contributed by atoms with van der Waals surface area (Å²) in [5.41, 5.74) is 0.363. The lowest BCUT2D eigenvalue weighted by Gasteiger charge is -2.12. The second-order valence-corrected chi connectivity index (χ2v) is 5.34. The summed E-state index contributed by atoms with van der Waals surface area (Å²) < 4.78 is 29.8. The molecule has 90 valence electrons. The number of rotatable bonds is 5. The lowest BCUT2D eigenvalue weighted by atomic mass is 10.3. The molecule has 0 bridgehead atoms. The van der Waals surface area contributed by atoms with Gasteiger partial charge in [0.1, 0.15) is 12.5 Å². The molecule has 5 nitrogen and oxygen atoms in total. The van der Waals surface area contributed by atoms with Crippen LogP contribution in [0, 0.1) is 0 Å². The predicted octanol–water partition coefficient (Wildman–Crippen LogP) is 1.27. The van der Waals surface area contributed by atoms with Crippen molar-refractivity contribution < 1.29 is 13.2 Å². The first-order valence-electron chi connectivity index (χ1n) is 4.47. The SMILES string of the molecule is CNCOc1cc(Cl)ccc1NS(C)(=O)=O. The van der Waals surface area contributed by atoms with E-state index in [0.717, 1.165) is 6.26 Å². The molecule has 0 aliphatic heterocycles. The van der Waals surface area contributed by atoms with Crippen molar-refractivity contribution in [1.29, 1.82) is 0 Å². The molecule has 2 N–H and O–H groups in total. The molecule has 0 spiro atoms. The average Bonchev–Trinajstić information content (AvgIpc) is 2.16. The van der Waals surface area contributed by atoms with E-state index >= 15 is 0 Å². The Morgan fingerprint density at radius 1 is 1.44 bits per heavy atom. The van der Waals surface area contributed by atoms with Crippen LogP contribution in [0.25, 0.3) is 0 Å². The zero-order valence-electron chi connectivity index (χ0n) is 8.95. The first kappa shape index (κ1) is 13.1. The van der Waals surface area contributed by atoms with Crippen LogP contribution in [-0.4, -0.2) is 28.5 Å². The number of nitrogens with one attached hydrogen (secondary N) is 2. The number of ether oxygens (including phenoxy) is 1. The van der Waals surface area contributed by atoms with Crippen LogP contribution in [0.1, 0.15) is 0 Å². The molecule has 0 saturated carbocycles. The van der Waals surface area contributed by atoms with Crippen LogP contribution in [-0.2, 0) is 10.0 Å². The lowest BCUT2D eigenvalue weighted by molar-refractivity contribution is 0.297. The minimum atomic E-state index is -3.33. The fourth-order valence-corrected chi connectivity index (χ4v) is 1.78. The summed E-state index contributed by atoms with van der Waals surface area (Å²) in [7, 11) is -1.61. The fourth-order valence-electron chi connectivity index (χ4n) is 1.05. The van der Waals surface area contributed by atoms with Gasteiger partial charge in [0, 0.05) is 11.1 Å². The minimum absolute atomic E-state index is 0.263. The van der Waals surface area contributed by atoms with Gasteiger partial charge in [0.2, 0.25) is 10.0 Å². The molecule has 0 aromatic heterocycles. The highest BCUT2D eigenvalue weighted by Crippen LogP contribution is 2.28. The van der Waals surface area contributed by atoms with Crippen molar-refractivity contribution in [1.82, 2.24) is 5.32 Å². The molecule has 1 rings (SSSR count). The van der Waals surface area contributed by atoms with E-state index in [0.29, 0.717) is 16.5 Å². The van der Waals surface area contributed by atoms with Gasteiger partial charge in [-0.1, -0.05) is 11.6 Å². The van der Waals surface area contributed by atoms with Crippen molar-refractivity contribution >= 4 is 27.3 Å². The van der Waals surface area contributed by atoms with Gasteiger partial charge in [-0.05, 0) is 19.2 Å². The Morgan fingerprint density at radius 2 is 2.12 bits per heavy atom. The molecule has 0 heterocycles. The summed E-state index contributed by atoms with van der Waals surface area (Å²) >= 11 is 5.79. The molecule has 0 radical (unpaired) electrons. The summed E-state index contributed by atoms with van der Waals surface area (Å²) in [6.07, 6.45) is 1.07. The Morgan fingerprint density at radius 3 is 2.69 bits per heavy atom. The van der Waals surface area contributed by atoms with Crippen molar-refractivity contribution in [3.8, 4) is 5.75 Å². The van der Waals surface area contributed by atoms with E-state index in [2.05, 4.69) is 10.0 Å².